The van der Waals surface area contributed by atoms with Crippen LogP contribution in [0, 0.1) is 10.1 Å². The zero-order valence-electron chi connectivity index (χ0n) is 10.1. The first kappa shape index (κ1) is 13.9. The lowest BCUT2D eigenvalue weighted by Crippen LogP contribution is -2.09. The van der Waals surface area contributed by atoms with Crippen molar-refractivity contribution >= 4 is 28.6 Å². The quantitative estimate of drug-likeness (QED) is 0.677. The van der Waals surface area contributed by atoms with Crippen molar-refractivity contribution in [3.63, 3.8) is 0 Å². The minimum absolute atomic E-state index is 0.0468. The number of likely N-dealkylation sites (N-methyl/N-ethyl adjacent to an activating group) is 1. The summed E-state index contributed by atoms with van der Waals surface area (Å²) in [5.74, 6) is 0. The molecule has 2 rings (SSSR count). The summed E-state index contributed by atoms with van der Waals surface area (Å²) < 4.78 is 0. The second-order valence-electron chi connectivity index (χ2n) is 3.81. The molecule has 0 radical (unpaired) electrons. The number of nitrogens with zero attached hydrogens (tertiary/aromatic N) is 3. The summed E-state index contributed by atoms with van der Waals surface area (Å²) in [6, 6.07) is 4.42. The standard InChI is InChI=1S/C11H11ClN4O2S/c1-13-3-2-10-14-15-11(19-10)7-4-8(12)6-9(5-7)16(17)18/h4-6,13H,2-3H2,1H3. The highest BCUT2D eigenvalue weighted by Gasteiger charge is 2.13. The highest BCUT2D eigenvalue weighted by atomic mass is 35.5. The van der Waals surface area contributed by atoms with Crippen molar-refractivity contribution in [1.82, 2.24) is 15.5 Å². The van der Waals surface area contributed by atoms with Crippen LogP contribution in [-0.4, -0.2) is 28.7 Å². The number of hydrogen-bond acceptors (Lipinski definition) is 6. The third-order valence-electron chi connectivity index (χ3n) is 2.40. The average molecular weight is 299 g/mol. The van der Waals surface area contributed by atoms with Crippen molar-refractivity contribution in [3.8, 4) is 10.6 Å². The highest BCUT2D eigenvalue weighted by molar-refractivity contribution is 7.14. The predicted octanol–water partition coefficient (Wildman–Crippen LogP) is 2.53. The maximum absolute atomic E-state index is 10.8. The first-order chi connectivity index (χ1) is 9.10. The van der Waals surface area contributed by atoms with Gasteiger partial charge >= 0.3 is 0 Å². The van der Waals surface area contributed by atoms with Gasteiger partial charge in [-0.3, -0.25) is 10.1 Å². The summed E-state index contributed by atoms with van der Waals surface area (Å²) in [5, 5.41) is 23.7. The normalized spacial score (nSPS) is 10.6. The SMILES string of the molecule is CNCCc1nnc(-c2cc(Cl)cc([N+](=O)[O-])c2)s1. The van der Waals surface area contributed by atoms with Crippen molar-refractivity contribution in [1.29, 1.82) is 0 Å². The van der Waals surface area contributed by atoms with E-state index < -0.39 is 4.92 Å². The number of hydrogen-bond donors (Lipinski definition) is 1. The molecule has 100 valence electrons. The van der Waals surface area contributed by atoms with Crippen LogP contribution in [0.3, 0.4) is 0 Å². The second kappa shape index (κ2) is 6.05. The van der Waals surface area contributed by atoms with E-state index in [4.69, 9.17) is 11.6 Å². The molecule has 1 aromatic heterocycles. The van der Waals surface area contributed by atoms with Crippen LogP contribution in [0.5, 0.6) is 0 Å². The van der Waals surface area contributed by atoms with E-state index in [2.05, 4.69) is 15.5 Å². The van der Waals surface area contributed by atoms with Crippen molar-refractivity contribution in [2.75, 3.05) is 13.6 Å². The number of nitrogens with one attached hydrogen (secondary N) is 1. The Hall–Kier alpha value is -1.57. The van der Waals surface area contributed by atoms with Crippen LogP contribution in [0.4, 0.5) is 5.69 Å². The molecule has 0 amide bonds. The van der Waals surface area contributed by atoms with Crippen LogP contribution in [0.15, 0.2) is 18.2 Å². The van der Waals surface area contributed by atoms with E-state index in [1.807, 2.05) is 7.05 Å². The Morgan fingerprint density at radius 2 is 2.21 bits per heavy atom. The summed E-state index contributed by atoms with van der Waals surface area (Å²) >= 11 is 7.29. The summed E-state index contributed by atoms with van der Waals surface area (Å²) in [6.07, 6.45) is 0.775. The molecule has 2 aromatic rings. The third kappa shape index (κ3) is 3.46. The lowest BCUT2D eigenvalue weighted by molar-refractivity contribution is -0.384. The Morgan fingerprint density at radius 1 is 1.42 bits per heavy atom. The minimum Gasteiger partial charge on any atom is -0.319 e. The molecule has 8 heteroatoms. The van der Waals surface area contributed by atoms with Gasteiger partial charge in [0.25, 0.3) is 5.69 Å². The van der Waals surface area contributed by atoms with Crippen LogP contribution >= 0.6 is 22.9 Å². The lowest BCUT2D eigenvalue weighted by Gasteiger charge is -1.97. The van der Waals surface area contributed by atoms with E-state index in [0.717, 1.165) is 18.0 Å². The Labute approximate surface area is 118 Å². The Balaban J connectivity index is 2.30. The second-order valence-corrected chi connectivity index (χ2v) is 5.31. The molecular weight excluding hydrogens is 288 g/mol. The molecule has 0 aliphatic heterocycles. The Bertz CT molecular complexity index is 602. The zero-order chi connectivity index (χ0) is 13.8. The molecule has 0 saturated heterocycles. The number of aromatic nitrogens is 2. The van der Waals surface area contributed by atoms with Crippen molar-refractivity contribution < 1.29 is 4.92 Å². The lowest BCUT2D eigenvalue weighted by atomic mass is 10.2. The van der Waals surface area contributed by atoms with E-state index in [9.17, 15) is 10.1 Å². The van der Waals surface area contributed by atoms with E-state index in [0.29, 0.717) is 15.6 Å². The number of rotatable bonds is 5. The van der Waals surface area contributed by atoms with Gasteiger partial charge in [-0.2, -0.15) is 0 Å². The summed E-state index contributed by atoms with van der Waals surface area (Å²) in [4.78, 5) is 10.3. The fourth-order valence-electron chi connectivity index (χ4n) is 1.51. The van der Waals surface area contributed by atoms with Crippen LogP contribution < -0.4 is 5.32 Å². The van der Waals surface area contributed by atoms with Crippen molar-refractivity contribution in [3.05, 3.63) is 38.3 Å². The summed E-state index contributed by atoms with van der Waals surface area (Å²) in [5.41, 5.74) is 0.571. The molecule has 1 N–H and O–H groups in total. The molecule has 0 spiro atoms. The number of halogens is 1. The molecule has 0 fully saturated rings. The van der Waals surface area contributed by atoms with Gasteiger partial charge in [0.05, 0.1) is 4.92 Å². The van der Waals surface area contributed by atoms with Gasteiger partial charge < -0.3 is 5.32 Å². The summed E-state index contributed by atoms with van der Waals surface area (Å²) in [7, 11) is 1.86. The van der Waals surface area contributed by atoms with Crippen molar-refractivity contribution in [2.45, 2.75) is 6.42 Å². The minimum atomic E-state index is -0.474. The van der Waals surface area contributed by atoms with Crippen LogP contribution in [-0.2, 0) is 6.42 Å². The molecule has 19 heavy (non-hydrogen) atoms. The molecule has 0 saturated carbocycles. The van der Waals surface area contributed by atoms with Gasteiger partial charge in [0.1, 0.15) is 10.0 Å². The average Bonchev–Trinajstić information content (AvgIpc) is 2.84. The van der Waals surface area contributed by atoms with Gasteiger partial charge in [0.2, 0.25) is 0 Å². The van der Waals surface area contributed by atoms with Crippen LogP contribution in [0.25, 0.3) is 10.6 Å². The fraction of sp³-hybridized carbons (Fsp3) is 0.273. The molecule has 0 unspecified atom stereocenters. The van der Waals surface area contributed by atoms with E-state index >= 15 is 0 Å². The van der Waals surface area contributed by atoms with Gasteiger partial charge in [0, 0.05) is 35.7 Å². The van der Waals surface area contributed by atoms with Gasteiger partial charge in [-0.15, -0.1) is 10.2 Å². The molecule has 0 bridgehead atoms. The molecule has 0 aliphatic carbocycles. The van der Waals surface area contributed by atoms with Gasteiger partial charge in [-0.05, 0) is 13.1 Å². The zero-order valence-corrected chi connectivity index (χ0v) is 11.7. The number of nitro groups is 1. The van der Waals surface area contributed by atoms with Gasteiger partial charge in [-0.1, -0.05) is 22.9 Å². The number of nitro benzene ring substituents is 1. The third-order valence-corrected chi connectivity index (χ3v) is 3.65. The van der Waals surface area contributed by atoms with E-state index in [1.165, 1.54) is 23.5 Å². The maximum atomic E-state index is 10.8. The Kier molecular flexibility index (Phi) is 4.41. The summed E-state index contributed by atoms with van der Waals surface area (Å²) in [6.45, 7) is 0.810. The molecular formula is C11H11ClN4O2S. The first-order valence-corrected chi connectivity index (χ1v) is 6.72. The predicted molar refractivity (Wildman–Crippen MR) is 74.6 cm³/mol. The van der Waals surface area contributed by atoms with E-state index in [1.54, 1.807) is 6.07 Å². The van der Waals surface area contributed by atoms with Gasteiger partial charge in [-0.25, -0.2) is 0 Å². The molecule has 1 heterocycles. The van der Waals surface area contributed by atoms with Crippen molar-refractivity contribution in [2.24, 2.45) is 0 Å². The topological polar surface area (TPSA) is 81.0 Å². The molecule has 1 aromatic carbocycles. The largest absolute Gasteiger partial charge is 0.319 e. The smallest absolute Gasteiger partial charge is 0.271 e. The molecule has 0 atom stereocenters. The fourth-order valence-corrected chi connectivity index (χ4v) is 2.56. The Morgan fingerprint density at radius 3 is 2.89 bits per heavy atom. The maximum Gasteiger partial charge on any atom is 0.271 e. The monoisotopic (exact) mass is 298 g/mol. The number of non-ortho nitro benzene ring substituents is 1. The van der Waals surface area contributed by atoms with Crippen LogP contribution in [0.2, 0.25) is 5.02 Å². The van der Waals surface area contributed by atoms with Gasteiger partial charge in [0.15, 0.2) is 0 Å². The van der Waals surface area contributed by atoms with E-state index in [-0.39, 0.29) is 5.69 Å². The molecule has 6 nitrogen and oxygen atoms in total. The molecule has 0 aliphatic rings. The first-order valence-electron chi connectivity index (χ1n) is 5.52. The highest BCUT2D eigenvalue weighted by Crippen LogP contribution is 2.30. The number of benzene rings is 1. The van der Waals surface area contributed by atoms with Crippen LogP contribution in [0.1, 0.15) is 5.01 Å².